The van der Waals surface area contributed by atoms with Crippen molar-refractivity contribution in [1.29, 1.82) is 0 Å². The number of para-hydroxylation sites is 1. The minimum atomic E-state index is -0.201. The normalized spacial score (nSPS) is 14.4. The highest BCUT2D eigenvalue weighted by atomic mass is 16.2. The molecule has 26 heavy (non-hydrogen) atoms. The second-order valence-electron chi connectivity index (χ2n) is 6.56. The fourth-order valence-electron chi connectivity index (χ4n) is 3.17. The smallest absolute Gasteiger partial charge is 0.242 e. The van der Waals surface area contributed by atoms with Crippen molar-refractivity contribution in [2.75, 3.05) is 37.6 Å². The van der Waals surface area contributed by atoms with Crippen molar-refractivity contribution in [3.8, 4) is 0 Å². The molecule has 2 amide bonds. The minimum Gasteiger partial charge on any atom is -0.368 e. The molecule has 0 aliphatic carbocycles. The first-order valence-electron chi connectivity index (χ1n) is 8.88. The van der Waals surface area contributed by atoms with Crippen molar-refractivity contribution in [1.82, 2.24) is 20.0 Å². The summed E-state index contributed by atoms with van der Waals surface area (Å²) >= 11 is 0. The average Bonchev–Trinajstić information content (AvgIpc) is 2.97. The Balaban J connectivity index is 1.43. The van der Waals surface area contributed by atoms with Gasteiger partial charge in [0.05, 0.1) is 12.2 Å². The molecule has 1 N–H and O–H groups in total. The second-order valence-corrected chi connectivity index (χ2v) is 6.56. The van der Waals surface area contributed by atoms with Crippen LogP contribution in [-0.4, -0.2) is 59.2 Å². The number of rotatable bonds is 5. The number of anilines is 1. The summed E-state index contributed by atoms with van der Waals surface area (Å²) < 4.78 is 1.65. The predicted molar refractivity (Wildman–Crippen MR) is 99.9 cm³/mol. The largest absolute Gasteiger partial charge is 0.368 e. The summed E-state index contributed by atoms with van der Waals surface area (Å²) in [5, 5.41) is 6.96. The van der Waals surface area contributed by atoms with Crippen LogP contribution in [0.25, 0.3) is 0 Å². The molecule has 2 heterocycles. The van der Waals surface area contributed by atoms with Gasteiger partial charge in [0, 0.05) is 37.6 Å². The molecule has 7 heteroatoms. The highest BCUT2D eigenvalue weighted by molar-refractivity contribution is 5.84. The SMILES string of the molecule is Cc1cc(C)n(CC(=O)NCC(=O)N2CCN(c3ccccc3)CC2)n1. The molecule has 138 valence electrons. The standard InChI is InChI=1S/C19H25N5O2/c1-15-12-16(2)24(21-15)14-18(25)20-13-19(26)23-10-8-22(9-11-23)17-6-4-3-5-7-17/h3-7,12H,8-11,13-14H2,1-2H3,(H,20,25). The number of aryl methyl sites for hydroxylation is 2. The molecule has 1 saturated heterocycles. The van der Waals surface area contributed by atoms with Gasteiger partial charge in [-0.1, -0.05) is 18.2 Å². The van der Waals surface area contributed by atoms with E-state index in [1.165, 1.54) is 5.69 Å². The van der Waals surface area contributed by atoms with Gasteiger partial charge in [-0.05, 0) is 32.0 Å². The molecule has 0 unspecified atom stereocenters. The Bertz CT molecular complexity index is 763. The zero-order valence-electron chi connectivity index (χ0n) is 15.3. The maximum absolute atomic E-state index is 12.3. The molecule has 0 saturated carbocycles. The number of amides is 2. The first-order valence-corrected chi connectivity index (χ1v) is 8.88. The van der Waals surface area contributed by atoms with Crippen LogP contribution in [0.3, 0.4) is 0 Å². The fraction of sp³-hybridized carbons (Fsp3) is 0.421. The summed E-state index contributed by atoms with van der Waals surface area (Å²) in [4.78, 5) is 28.5. The molecule has 7 nitrogen and oxygen atoms in total. The maximum atomic E-state index is 12.3. The topological polar surface area (TPSA) is 70.5 Å². The van der Waals surface area contributed by atoms with Crippen molar-refractivity contribution >= 4 is 17.5 Å². The molecule has 0 spiro atoms. The van der Waals surface area contributed by atoms with Crippen LogP contribution in [-0.2, 0) is 16.1 Å². The Labute approximate surface area is 153 Å². The number of benzene rings is 1. The van der Waals surface area contributed by atoms with Crippen molar-refractivity contribution in [2.45, 2.75) is 20.4 Å². The molecule has 0 bridgehead atoms. The number of nitrogens with zero attached hydrogens (tertiary/aromatic N) is 4. The summed E-state index contributed by atoms with van der Waals surface area (Å²) in [6.45, 7) is 6.90. The van der Waals surface area contributed by atoms with E-state index in [9.17, 15) is 9.59 Å². The lowest BCUT2D eigenvalue weighted by Gasteiger charge is -2.36. The maximum Gasteiger partial charge on any atom is 0.242 e. The molecule has 1 aliphatic rings. The van der Waals surface area contributed by atoms with Gasteiger partial charge in [-0.3, -0.25) is 14.3 Å². The van der Waals surface area contributed by atoms with Gasteiger partial charge in [-0.25, -0.2) is 0 Å². The fourth-order valence-corrected chi connectivity index (χ4v) is 3.17. The summed E-state index contributed by atoms with van der Waals surface area (Å²) in [6.07, 6.45) is 0. The highest BCUT2D eigenvalue weighted by Gasteiger charge is 2.21. The zero-order valence-corrected chi connectivity index (χ0v) is 15.3. The van der Waals surface area contributed by atoms with E-state index >= 15 is 0 Å². The lowest BCUT2D eigenvalue weighted by atomic mass is 10.2. The van der Waals surface area contributed by atoms with Gasteiger partial charge >= 0.3 is 0 Å². The van der Waals surface area contributed by atoms with Gasteiger partial charge in [0.2, 0.25) is 11.8 Å². The Morgan fingerprint density at radius 1 is 1.08 bits per heavy atom. The average molecular weight is 355 g/mol. The van der Waals surface area contributed by atoms with E-state index < -0.39 is 0 Å². The van der Waals surface area contributed by atoms with Gasteiger partial charge in [0.25, 0.3) is 0 Å². The molecule has 3 rings (SSSR count). The number of hydrogen-bond acceptors (Lipinski definition) is 4. The Morgan fingerprint density at radius 3 is 2.38 bits per heavy atom. The molecule has 1 aromatic heterocycles. The van der Waals surface area contributed by atoms with Crippen LogP contribution >= 0.6 is 0 Å². The third-order valence-electron chi connectivity index (χ3n) is 4.59. The van der Waals surface area contributed by atoms with Crippen LogP contribution in [0.1, 0.15) is 11.4 Å². The van der Waals surface area contributed by atoms with Crippen molar-refractivity contribution < 1.29 is 9.59 Å². The first kappa shape index (κ1) is 18.0. The Morgan fingerprint density at radius 2 is 1.77 bits per heavy atom. The molecule has 1 aromatic carbocycles. The van der Waals surface area contributed by atoms with E-state index in [-0.39, 0.29) is 24.9 Å². The van der Waals surface area contributed by atoms with Crippen LogP contribution in [0.15, 0.2) is 36.4 Å². The van der Waals surface area contributed by atoms with Crippen LogP contribution in [0, 0.1) is 13.8 Å². The first-order chi connectivity index (χ1) is 12.5. The van der Waals surface area contributed by atoms with Gasteiger partial charge in [0.1, 0.15) is 6.54 Å². The summed E-state index contributed by atoms with van der Waals surface area (Å²) in [5.41, 5.74) is 2.99. The third kappa shape index (κ3) is 4.41. The quantitative estimate of drug-likeness (QED) is 0.867. The van der Waals surface area contributed by atoms with Gasteiger partial charge < -0.3 is 15.1 Å². The van der Waals surface area contributed by atoms with E-state index in [4.69, 9.17) is 0 Å². The number of nitrogens with one attached hydrogen (secondary N) is 1. The van der Waals surface area contributed by atoms with Gasteiger partial charge in [-0.15, -0.1) is 0 Å². The van der Waals surface area contributed by atoms with Gasteiger partial charge in [0.15, 0.2) is 0 Å². The number of piperazine rings is 1. The Kier molecular flexibility index (Phi) is 5.55. The molecule has 1 aliphatic heterocycles. The number of hydrogen-bond donors (Lipinski definition) is 1. The van der Waals surface area contributed by atoms with Crippen molar-refractivity contribution in [3.05, 3.63) is 47.8 Å². The highest BCUT2D eigenvalue weighted by Crippen LogP contribution is 2.15. The number of carbonyl (C=O) groups is 2. The zero-order chi connectivity index (χ0) is 18.5. The van der Waals surface area contributed by atoms with E-state index in [2.05, 4.69) is 27.4 Å². The second kappa shape index (κ2) is 8.03. The van der Waals surface area contributed by atoms with Crippen molar-refractivity contribution in [3.63, 3.8) is 0 Å². The Hall–Kier alpha value is -2.83. The van der Waals surface area contributed by atoms with E-state index in [0.29, 0.717) is 13.1 Å². The molecule has 2 aromatic rings. The minimum absolute atomic E-state index is 0.0312. The molecule has 0 atom stereocenters. The van der Waals surface area contributed by atoms with Crippen molar-refractivity contribution in [2.24, 2.45) is 0 Å². The van der Waals surface area contributed by atoms with Gasteiger partial charge in [-0.2, -0.15) is 5.10 Å². The molecule has 0 radical (unpaired) electrons. The van der Waals surface area contributed by atoms with Crippen LogP contribution in [0.5, 0.6) is 0 Å². The molecule has 1 fully saturated rings. The van der Waals surface area contributed by atoms with Crippen LogP contribution in [0.4, 0.5) is 5.69 Å². The lowest BCUT2D eigenvalue weighted by Crippen LogP contribution is -2.51. The van der Waals surface area contributed by atoms with E-state index in [1.54, 1.807) is 4.68 Å². The van der Waals surface area contributed by atoms with Crippen LogP contribution in [0.2, 0.25) is 0 Å². The third-order valence-corrected chi connectivity index (χ3v) is 4.59. The number of carbonyl (C=O) groups excluding carboxylic acids is 2. The van der Waals surface area contributed by atoms with E-state index in [1.807, 2.05) is 43.0 Å². The lowest BCUT2D eigenvalue weighted by molar-refractivity contribution is -0.133. The molecular weight excluding hydrogens is 330 g/mol. The predicted octanol–water partition coefficient (Wildman–Crippen LogP) is 0.965. The molecular formula is C19H25N5O2. The van der Waals surface area contributed by atoms with E-state index in [0.717, 1.165) is 24.5 Å². The summed E-state index contributed by atoms with van der Waals surface area (Å²) in [6, 6.07) is 12.1. The summed E-state index contributed by atoms with van der Waals surface area (Å²) in [7, 11) is 0. The summed E-state index contributed by atoms with van der Waals surface area (Å²) in [5.74, 6) is -0.244. The van der Waals surface area contributed by atoms with Crippen LogP contribution < -0.4 is 10.2 Å². The number of aromatic nitrogens is 2. The monoisotopic (exact) mass is 355 g/mol.